The van der Waals surface area contributed by atoms with Crippen molar-refractivity contribution in [2.45, 2.75) is 20.0 Å². The Balaban J connectivity index is 1.55. The van der Waals surface area contributed by atoms with Gasteiger partial charge in [0.2, 0.25) is 0 Å². The normalized spacial score (nSPS) is 10.8. The second kappa shape index (κ2) is 9.84. The van der Waals surface area contributed by atoms with Crippen LogP contribution >= 0.6 is 0 Å². The first kappa shape index (κ1) is 23.6. The van der Waals surface area contributed by atoms with E-state index >= 15 is 0 Å². The van der Waals surface area contributed by atoms with E-state index in [1.54, 1.807) is 12.3 Å². The SMILES string of the molecule is Cc1c(NC(=O)OCc2ccccc2)cccc1-c1cnc(C(N)=O)c2[nH]c3cc(CC#N)ccc3c12. The first-order valence-corrected chi connectivity index (χ1v) is 11.6. The highest BCUT2D eigenvalue weighted by molar-refractivity contribution is 6.19. The van der Waals surface area contributed by atoms with Crippen LogP contribution in [-0.4, -0.2) is 22.0 Å². The largest absolute Gasteiger partial charge is 0.444 e. The van der Waals surface area contributed by atoms with Crippen LogP contribution in [-0.2, 0) is 17.8 Å². The molecule has 0 saturated carbocycles. The third-order valence-electron chi connectivity index (χ3n) is 6.28. The van der Waals surface area contributed by atoms with Crippen molar-refractivity contribution in [1.82, 2.24) is 9.97 Å². The van der Waals surface area contributed by atoms with Crippen molar-refractivity contribution >= 4 is 39.5 Å². The molecule has 0 aliphatic heterocycles. The quantitative estimate of drug-likeness (QED) is 0.285. The number of ether oxygens (including phenoxy) is 1. The summed E-state index contributed by atoms with van der Waals surface area (Å²) in [5.74, 6) is -0.645. The lowest BCUT2D eigenvalue weighted by molar-refractivity contribution is 0.0997. The molecule has 0 bridgehead atoms. The van der Waals surface area contributed by atoms with E-state index in [1.165, 1.54) is 0 Å². The molecule has 8 nitrogen and oxygen atoms in total. The van der Waals surface area contributed by atoms with Gasteiger partial charge in [-0.25, -0.2) is 9.78 Å². The Morgan fingerprint density at radius 2 is 1.86 bits per heavy atom. The smallest absolute Gasteiger partial charge is 0.411 e. The number of pyridine rings is 1. The number of aromatic amines is 1. The van der Waals surface area contributed by atoms with Gasteiger partial charge < -0.3 is 15.5 Å². The molecular weight excluding hydrogens is 466 g/mol. The zero-order valence-electron chi connectivity index (χ0n) is 20.0. The van der Waals surface area contributed by atoms with Gasteiger partial charge in [0, 0.05) is 33.7 Å². The minimum atomic E-state index is -0.645. The number of amides is 2. The first-order valence-electron chi connectivity index (χ1n) is 11.6. The van der Waals surface area contributed by atoms with E-state index in [1.807, 2.05) is 67.6 Å². The molecule has 0 aliphatic carbocycles. The van der Waals surface area contributed by atoms with Gasteiger partial charge in [-0.15, -0.1) is 0 Å². The molecule has 182 valence electrons. The van der Waals surface area contributed by atoms with Gasteiger partial charge in [-0.3, -0.25) is 10.1 Å². The molecule has 0 radical (unpaired) electrons. The molecule has 0 saturated heterocycles. The highest BCUT2D eigenvalue weighted by Crippen LogP contribution is 2.38. The number of carbonyl (C=O) groups is 2. The number of aromatic nitrogens is 2. The number of fused-ring (bicyclic) bond motifs is 3. The number of nitrogens with two attached hydrogens (primary N) is 1. The van der Waals surface area contributed by atoms with Crippen molar-refractivity contribution in [1.29, 1.82) is 5.26 Å². The summed E-state index contributed by atoms with van der Waals surface area (Å²) in [5.41, 5.74) is 11.8. The number of primary amides is 1. The number of nitriles is 1. The van der Waals surface area contributed by atoms with Crippen LogP contribution in [0.4, 0.5) is 10.5 Å². The van der Waals surface area contributed by atoms with Crippen LogP contribution in [0.25, 0.3) is 32.9 Å². The van der Waals surface area contributed by atoms with Gasteiger partial charge in [-0.05, 0) is 41.3 Å². The Bertz CT molecular complexity index is 1700. The van der Waals surface area contributed by atoms with E-state index in [-0.39, 0.29) is 18.7 Å². The summed E-state index contributed by atoms with van der Waals surface area (Å²) in [6.07, 6.45) is 1.33. The molecule has 37 heavy (non-hydrogen) atoms. The fourth-order valence-corrected chi connectivity index (χ4v) is 4.48. The van der Waals surface area contributed by atoms with Crippen LogP contribution in [0.15, 0.2) is 72.9 Å². The number of nitrogens with one attached hydrogen (secondary N) is 2. The maximum absolute atomic E-state index is 12.5. The Morgan fingerprint density at radius 3 is 2.62 bits per heavy atom. The van der Waals surface area contributed by atoms with Gasteiger partial charge in [0.1, 0.15) is 6.61 Å². The van der Waals surface area contributed by atoms with Crippen LogP contribution in [0.2, 0.25) is 0 Å². The topological polar surface area (TPSA) is 134 Å². The Kier molecular flexibility index (Phi) is 6.27. The van der Waals surface area contributed by atoms with Crippen molar-refractivity contribution in [3.63, 3.8) is 0 Å². The predicted molar refractivity (Wildman–Crippen MR) is 142 cm³/mol. The Morgan fingerprint density at radius 1 is 1.05 bits per heavy atom. The summed E-state index contributed by atoms with van der Waals surface area (Å²) in [6.45, 7) is 2.06. The molecule has 0 atom stereocenters. The number of nitrogens with zero attached hydrogens (tertiary/aromatic N) is 2. The molecule has 0 unspecified atom stereocenters. The second-order valence-electron chi connectivity index (χ2n) is 8.64. The zero-order valence-corrected chi connectivity index (χ0v) is 20.0. The lowest BCUT2D eigenvalue weighted by atomic mass is 9.95. The average molecular weight is 490 g/mol. The number of hydrogen-bond acceptors (Lipinski definition) is 5. The Labute approximate surface area is 212 Å². The van der Waals surface area contributed by atoms with Gasteiger partial charge in [0.15, 0.2) is 5.69 Å². The van der Waals surface area contributed by atoms with Gasteiger partial charge in [0.25, 0.3) is 5.91 Å². The molecule has 5 rings (SSSR count). The number of benzene rings is 3. The number of hydrogen-bond donors (Lipinski definition) is 3. The molecule has 0 aliphatic rings. The van der Waals surface area contributed by atoms with E-state index < -0.39 is 12.0 Å². The second-order valence-corrected chi connectivity index (χ2v) is 8.64. The molecule has 2 aromatic heterocycles. The first-order chi connectivity index (χ1) is 18.0. The fourth-order valence-electron chi connectivity index (χ4n) is 4.48. The molecular formula is C29H23N5O3. The molecule has 0 spiro atoms. The highest BCUT2D eigenvalue weighted by atomic mass is 16.5. The van der Waals surface area contributed by atoms with E-state index in [2.05, 4.69) is 21.4 Å². The maximum Gasteiger partial charge on any atom is 0.411 e. The molecule has 5 aromatic rings. The maximum atomic E-state index is 12.5. The summed E-state index contributed by atoms with van der Waals surface area (Å²) < 4.78 is 5.38. The van der Waals surface area contributed by atoms with Crippen molar-refractivity contribution in [3.8, 4) is 17.2 Å². The standard InChI is InChI=1S/C29H23N5O3/c1-17-20(8-5-9-23(17)34-29(36)37-16-19-6-3-2-4-7-19)22-15-32-27(28(31)35)26-25(22)21-11-10-18(12-13-30)14-24(21)33-26/h2-11,14-15,33H,12,16H2,1H3,(H2,31,35)(H,34,36). The molecule has 0 fully saturated rings. The van der Waals surface area contributed by atoms with Gasteiger partial charge in [-0.1, -0.05) is 54.6 Å². The lowest BCUT2D eigenvalue weighted by Gasteiger charge is -2.14. The third kappa shape index (κ3) is 4.58. The number of rotatable bonds is 6. The molecule has 4 N–H and O–H groups in total. The lowest BCUT2D eigenvalue weighted by Crippen LogP contribution is -2.15. The average Bonchev–Trinajstić information content (AvgIpc) is 3.28. The van der Waals surface area contributed by atoms with E-state index in [0.717, 1.165) is 44.1 Å². The monoisotopic (exact) mass is 489 g/mol. The zero-order chi connectivity index (χ0) is 25.9. The molecule has 3 aromatic carbocycles. The number of carbonyl (C=O) groups excluding carboxylic acids is 2. The molecule has 8 heteroatoms. The summed E-state index contributed by atoms with van der Waals surface area (Å²) in [7, 11) is 0. The summed E-state index contributed by atoms with van der Waals surface area (Å²) >= 11 is 0. The van der Waals surface area contributed by atoms with E-state index in [4.69, 9.17) is 15.7 Å². The van der Waals surface area contributed by atoms with Crippen molar-refractivity contribution in [2.75, 3.05) is 5.32 Å². The van der Waals surface area contributed by atoms with Crippen molar-refractivity contribution in [3.05, 3.63) is 95.3 Å². The van der Waals surface area contributed by atoms with Gasteiger partial charge in [-0.2, -0.15) is 5.26 Å². The van der Waals surface area contributed by atoms with Gasteiger partial charge in [0.05, 0.1) is 18.0 Å². The Hall–Kier alpha value is -5.16. The van der Waals surface area contributed by atoms with E-state index in [0.29, 0.717) is 11.2 Å². The summed E-state index contributed by atoms with van der Waals surface area (Å²) in [6, 6.07) is 22.9. The highest BCUT2D eigenvalue weighted by Gasteiger charge is 2.20. The van der Waals surface area contributed by atoms with E-state index in [9.17, 15) is 9.59 Å². The fraction of sp³-hybridized carbons (Fsp3) is 0.103. The number of H-pyrrole nitrogens is 1. The third-order valence-corrected chi connectivity index (χ3v) is 6.28. The summed E-state index contributed by atoms with van der Waals surface area (Å²) in [5, 5.41) is 13.6. The van der Waals surface area contributed by atoms with Crippen molar-refractivity contribution < 1.29 is 14.3 Å². The van der Waals surface area contributed by atoms with Crippen LogP contribution < -0.4 is 11.1 Å². The van der Waals surface area contributed by atoms with Gasteiger partial charge >= 0.3 is 6.09 Å². The minimum Gasteiger partial charge on any atom is -0.444 e. The summed E-state index contributed by atoms with van der Waals surface area (Å²) in [4.78, 5) is 32.3. The van der Waals surface area contributed by atoms with Crippen LogP contribution in [0.5, 0.6) is 0 Å². The predicted octanol–water partition coefficient (Wildman–Crippen LogP) is 5.61. The van der Waals surface area contributed by atoms with Crippen LogP contribution in [0.1, 0.15) is 27.2 Å². The number of anilines is 1. The van der Waals surface area contributed by atoms with Crippen LogP contribution in [0, 0.1) is 18.3 Å². The minimum absolute atomic E-state index is 0.133. The van der Waals surface area contributed by atoms with Crippen LogP contribution in [0.3, 0.4) is 0 Å². The molecule has 2 heterocycles. The molecule has 2 amide bonds. The van der Waals surface area contributed by atoms with Crippen molar-refractivity contribution in [2.24, 2.45) is 5.73 Å².